The molecular weight excluding hydrogens is 328 g/mol. The minimum absolute atomic E-state index is 0.0507. The number of hydrogen-bond acceptors (Lipinski definition) is 7. The van der Waals surface area contributed by atoms with Crippen molar-refractivity contribution >= 4 is 28.0 Å². The summed E-state index contributed by atoms with van der Waals surface area (Å²) < 4.78 is 34.6. The summed E-state index contributed by atoms with van der Waals surface area (Å²) >= 11 is 0. The molecule has 1 aromatic carbocycles. The minimum Gasteiger partial charge on any atom is -0.452 e. The second-order valence-electron chi connectivity index (χ2n) is 4.08. The molecule has 0 aliphatic rings. The van der Waals surface area contributed by atoms with Crippen LogP contribution in [0.4, 0.5) is 4.79 Å². The van der Waals surface area contributed by atoms with E-state index in [-0.39, 0.29) is 17.1 Å². The number of carbonyl (C=O) groups excluding carboxylic acids is 3. The minimum atomic E-state index is -3.71. The molecule has 0 aliphatic carbocycles. The quantitative estimate of drug-likeness (QED) is 0.696. The van der Waals surface area contributed by atoms with Gasteiger partial charge in [-0.25, -0.2) is 22.7 Å². The zero-order valence-electron chi connectivity index (χ0n) is 12.5. The molecule has 0 spiro atoms. The van der Waals surface area contributed by atoms with E-state index < -0.39 is 34.6 Å². The summed E-state index contributed by atoms with van der Waals surface area (Å²) in [6.07, 6.45) is -0.948. The van der Waals surface area contributed by atoms with Crippen LogP contribution in [0.25, 0.3) is 0 Å². The molecule has 1 rings (SSSR count). The molecule has 2 N–H and O–H groups in total. The molecule has 9 nitrogen and oxygen atoms in total. The van der Waals surface area contributed by atoms with Gasteiger partial charge < -0.3 is 9.47 Å². The first-order valence-electron chi connectivity index (χ1n) is 6.47. The third kappa shape index (κ3) is 5.68. The molecule has 0 aliphatic heterocycles. The number of amides is 2. The number of sulfonamides is 1. The van der Waals surface area contributed by atoms with Gasteiger partial charge >= 0.3 is 12.1 Å². The van der Waals surface area contributed by atoms with Crippen LogP contribution in [0.15, 0.2) is 29.2 Å². The number of alkyl carbamates (subject to hydrolysis) is 1. The van der Waals surface area contributed by atoms with Crippen molar-refractivity contribution in [2.24, 2.45) is 0 Å². The number of carbonyl (C=O) groups is 3. The van der Waals surface area contributed by atoms with Gasteiger partial charge in [0.05, 0.1) is 17.1 Å². The van der Waals surface area contributed by atoms with Crippen molar-refractivity contribution in [2.75, 3.05) is 20.3 Å². The van der Waals surface area contributed by atoms with Gasteiger partial charge in [-0.1, -0.05) is 6.07 Å². The molecule has 0 saturated heterocycles. The Balaban J connectivity index is 2.67. The largest absolute Gasteiger partial charge is 0.452 e. The maximum atomic E-state index is 11.8. The van der Waals surface area contributed by atoms with Crippen LogP contribution in [-0.4, -0.2) is 46.6 Å². The van der Waals surface area contributed by atoms with Gasteiger partial charge in [0.25, 0.3) is 5.91 Å². The summed E-state index contributed by atoms with van der Waals surface area (Å²) in [4.78, 5) is 34.0. The molecule has 0 saturated carbocycles. The van der Waals surface area contributed by atoms with E-state index in [0.717, 1.165) is 6.07 Å². The fourth-order valence-corrected chi connectivity index (χ4v) is 2.22. The summed E-state index contributed by atoms with van der Waals surface area (Å²) in [5.41, 5.74) is -0.0507. The zero-order chi connectivity index (χ0) is 17.5. The standard InChI is InChI=1S/C13H16N2O7S/c1-3-21-13(18)15-11(16)8-22-12(17)9-5-4-6-10(7-9)23(19,20)14-2/h4-7,14H,3,8H2,1-2H3,(H,15,16,18). The Kier molecular flexibility index (Phi) is 6.66. The third-order valence-electron chi connectivity index (χ3n) is 2.50. The summed E-state index contributed by atoms with van der Waals surface area (Å²) in [7, 11) is -2.47. The lowest BCUT2D eigenvalue weighted by atomic mass is 10.2. The van der Waals surface area contributed by atoms with Crippen LogP contribution in [-0.2, 0) is 24.3 Å². The number of hydrogen-bond donors (Lipinski definition) is 2. The van der Waals surface area contributed by atoms with E-state index in [1.807, 2.05) is 5.32 Å². The first-order valence-corrected chi connectivity index (χ1v) is 7.95. The molecule has 0 radical (unpaired) electrons. The van der Waals surface area contributed by atoms with E-state index in [1.165, 1.54) is 25.2 Å². The summed E-state index contributed by atoms with van der Waals surface area (Å²) in [6.45, 7) is 0.947. The average molecular weight is 344 g/mol. The molecule has 1 aromatic rings. The SMILES string of the molecule is CCOC(=O)NC(=O)COC(=O)c1cccc(S(=O)(=O)NC)c1. The van der Waals surface area contributed by atoms with Gasteiger partial charge in [-0.15, -0.1) is 0 Å². The number of rotatable bonds is 6. The Morgan fingerprint density at radius 2 is 1.87 bits per heavy atom. The predicted octanol–water partition coefficient (Wildman–Crippen LogP) is 0.0242. The maximum absolute atomic E-state index is 11.8. The van der Waals surface area contributed by atoms with Crippen molar-refractivity contribution in [2.45, 2.75) is 11.8 Å². The van der Waals surface area contributed by atoms with Crippen LogP contribution in [0, 0.1) is 0 Å². The Morgan fingerprint density at radius 1 is 1.17 bits per heavy atom. The molecule has 23 heavy (non-hydrogen) atoms. The highest BCUT2D eigenvalue weighted by molar-refractivity contribution is 7.89. The van der Waals surface area contributed by atoms with E-state index in [4.69, 9.17) is 4.74 Å². The van der Waals surface area contributed by atoms with E-state index in [2.05, 4.69) is 9.46 Å². The van der Waals surface area contributed by atoms with E-state index in [9.17, 15) is 22.8 Å². The van der Waals surface area contributed by atoms with Gasteiger partial charge in [-0.05, 0) is 32.2 Å². The van der Waals surface area contributed by atoms with Crippen LogP contribution in [0.5, 0.6) is 0 Å². The monoisotopic (exact) mass is 344 g/mol. The van der Waals surface area contributed by atoms with E-state index >= 15 is 0 Å². The highest BCUT2D eigenvalue weighted by atomic mass is 32.2. The van der Waals surface area contributed by atoms with E-state index in [0.29, 0.717) is 0 Å². The van der Waals surface area contributed by atoms with Crippen LogP contribution in [0.1, 0.15) is 17.3 Å². The summed E-state index contributed by atoms with van der Waals surface area (Å²) in [6, 6.07) is 5.10. The molecule has 0 bridgehead atoms. The smallest absolute Gasteiger partial charge is 0.413 e. The number of nitrogens with one attached hydrogen (secondary N) is 2. The maximum Gasteiger partial charge on any atom is 0.413 e. The first kappa shape index (κ1) is 18.6. The highest BCUT2D eigenvalue weighted by Gasteiger charge is 2.16. The molecule has 10 heteroatoms. The molecular formula is C13H16N2O7S. The molecule has 0 unspecified atom stereocenters. The second-order valence-corrected chi connectivity index (χ2v) is 5.97. The third-order valence-corrected chi connectivity index (χ3v) is 3.91. The lowest BCUT2D eigenvalue weighted by Crippen LogP contribution is -2.34. The van der Waals surface area contributed by atoms with Crippen LogP contribution >= 0.6 is 0 Å². The number of ether oxygens (including phenoxy) is 2. The Labute approximate surface area is 133 Å². The zero-order valence-corrected chi connectivity index (χ0v) is 13.3. The number of benzene rings is 1. The van der Waals surface area contributed by atoms with Crippen molar-refractivity contribution in [3.63, 3.8) is 0 Å². The Hall–Kier alpha value is -2.46. The van der Waals surface area contributed by atoms with Crippen LogP contribution < -0.4 is 10.0 Å². The van der Waals surface area contributed by atoms with Gasteiger partial charge in [-0.2, -0.15) is 0 Å². The van der Waals surface area contributed by atoms with Crippen molar-refractivity contribution < 1.29 is 32.3 Å². The highest BCUT2D eigenvalue weighted by Crippen LogP contribution is 2.12. The molecule has 2 amide bonds. The van der Waals surface area contributed by atoms with Crippen molar-refractivity contribution in [3.8, 4) is 0 Å². The molecule has 0 heterocycles. The topological polar surface area (TPSA) is 128 Å². The lowest BCUT2D eigenvalue weighted by molar-refractivity contribution is -0.123. The number of esters is 1. The lowest BCUT2D eigenvalue weighted by Gasteiger charge is -2.07. The van der Waals surface area contributed by atoms with Crippen LogP contribution in [0.3, 0.4) is 0 Å². The molecule has 126 valence electrons. The average Bonchev–Trinajstić information content (AvgIpc) is 2.52. The summed E-state index contributed by atoms with van der Waals surface area (Å²) in [5.74, 6) is -1.77. The van der Waals surface area contributed by atoms with Gasteiger partial charge in [0.15, 0.2) is 6.61 Å². The Morgan fingerprint density at radius 3 is 2.48 bits per heavy atom. The fourth-order valence-electron chi connectivity index (χ4n) is 1.44. The molecule has 0 aromatic heterocycles. The van der Waals surface area contributed by atoms with E-state index in [1.54, 1.807) is 6.92 Å². The van der Waals surface area contributed by atoms with Crippen molar-refractivity contribution in [3.05, 3.63) is 29.8 Å². The van der Waals surface area contributed by atoms with Gasteiger partial charge in [0.2, 0.25) is 10.0 Å². The number of imide groups is 1. The second kappa shape index (κ2) is 8.25. The Bertz CT molecular complexity index is 700. The first-order chi connectivity index (χ1) is 10.8. The van der Waals surface area contributed by atoms with Crippen molar-refractivity contribution in [1.29, 1.82) is 0 Å². The van der Waals surface area contributed by atoms with Crippen molar-refractivity contribution in [1.82, 2.24) is 10.0 Å². The summed E-state index contributed by atoms with van der Waals surface area (Å²) in [5, 5.41) is 1.85. The fraction of sp³-hybridized carbons (Fsp3) is 0.308. The van der Waals surface area contributed by atoms with Gasteiger partial charge in [0.1, 0.15) is 0 Å². The van der Waals surface area contributed by atoms with Gasteiger partial charge in [0, 0.05) is 0 Å². The van der Waals surface area contributed by atoms with Crippen LogP contribution in [0.2, 0.25) is 0 Å². The molecule has 0 atom stereocenters. The normalized spacial score (nSPS) is 10.7. The molecule has 0 fully saturated rings. The van der Waals surface area contributed by atoms with Gasteiger partial charge in [-0.3, -0.25) is 10.1 Å². The predicted molar refractivity (Wildman–Crippen MR) is 78.1 cm³/mol.